The molecule has 82 valence electrons. The number of hydrogen-bond acceptors (Lipinski definition) is 3. The molecular weight excluding hydrogens is 212 g/mol. The van der Waals surface area contributed by atoms with Gasteiger partial charge >= 0.3 is 0 Å². The Morgan fingerprint density at radius 1 is 1.12 bits per heavy atom. The fourth-order valence-corrected chi connectivity index (χ4v) is 1.36. The van der Waals surface area contributed by atoms with Gasteiger partial charge in [0.25, 0.3) is 0 Å². The van der Waals surface area contributed by atoms with Crippen LogP contribution in [0.3, 0.4) is 0 Å². The SMILES string of the molecule is NNc1ccnc(-c2ccc(F)cc2F)c1. The van der Waals surface area contributed by atoms with E-state index in [1.807, 2.05) is 0 Å². The predicted octanol–water partition coefficient (Wildman–Crippen LogP) is 2.31. The highest BCUT2D eigenvalue weighted by Crippen LogP contribution is 2.23. The lowest BCUT2D eigenvalue weighted by Crippen LogP contribution is -2.06. The van der Waals surface area contributed by atoms with E-state index in [1.54, 1.807) is 12.1 Å². The molecule has 0 atom stereocenters. The van der Waals surface area contributed by atoms with Gasteiger partial charge in [0, 0.05) is 17.8 Å². The Labute approximate surface area is 90.9 Å². The van der Waals surface area contributed by atoms with Crippen molar-refractivity contribution >= 4 is 5.69 Å². The molecule has 3 nitrogen and oxygen atoms in total. The van der Waals surface area contributed by atoms with Crippen LogP contribution in [0.2, 0.25) is 0 Å². The molecule has 1 heterocycles. The molecular formula is C11H9F2N3. The molecule has 0 radical (unpaired) electrons. The molecule has 2 aromatic rings. The molecule has 0 aliphatic rings. The van der Waals surface area contributed by atoms with Gasteiger partial charge in [-0.05, 0) is 24.3 Å². The smallest absolute Gasteiger partial charge is 0.135 e. The minimum Gasteiger partial charge on any atom is -0.324 e. The maximum Gasteiger partial charge on any atom is 0.135 e. The third-order valence-corrected chi connectivity index (χ3v) is 2.13. The number of rotatable bonds is 2. The maximum absolute atomic E-state index is 13.4. The van der Waals surface area contributed by atoms with Crippen LogP contribution in [0.4, 0.5) is 14.5 Å². The van der Waals surface area contributed by atoms with Gasteiger partial charge in [-0.2, -0.15) is 0 Å². The number of hydrazine groups is 1. The standard InChI is InChI=1S/C11H9F2N3/c12-7-1-2-9(10(13)5-7)11-6-8(16-14)3-4-15-11/h1-6H,14H2,(H,15,16). The zero-order valence-corrected chi connectivity index (χ0v) is 8.24. The van der Waals surface area contributed by atoms with Gasteiger partial charge in [0.2, 0.25) is 0 Å². The van der Waals surface area contributed by atoms with E-state index in [4.69, 9.17) is 5.84 Å². The lowest BCUT2D eigenvalue weighted by atomic mass is 10.1. The molecule has 5 heteroatoms. The van der Waals surface area contributed by atoms with Gasteiger partial charge in [-0.3, -0.25) is 10.8 Å². The summed E-state index contributed by atoms with van der Waals surface area (Å²) in [5.41, 5.74) is 3.67. The molecule has 0 fully saturated rings. The van der Waals surface area contributed by atoms with E-state index >= 15 is 0 Å². The first kappa shape index (κ1) is 10.5. The molecule has 0 saturated carbocycles. The lowest BCUT2D eigenvalue weighted by Gasteiger charge is -2.05. The molecule has 0 saturated heterocycles. The van der Waals surface area contributed by atoms with Crippen molar-refractivity contribution in [2.75, 3.05) is 5.43 Å². The average Bonchev–Trinajstić information content (AvgIpc) is 2.29. The van der Waals surface area contributed by atoms with Crippen LogP contribution in [0, 0.1) is 11.6 Å². The number of nitrogens with two attached hydrogens (primary N) is 1. The predicted molar refractivity (Wildman–Crippen MR) is 57.4 cm³/mol. The van der Waals surface area contributed by atoms with Gasteiger partial charge in [0.05, 0.1) is 11.4 Å². The van der Waals surface area contributed by atoms with Crippen molar-refractivity contribution in [3.63, 3.8) is 0 Å². The molecule has 0 amide bonds. The summed E-state index contributed by atoms with van der Waals surface area (Å²) in [6.07, 6.45) is 1.49. The molecule has 0 spiro atoms. The molecule has 3 N–H and O–H groups in total. The highest BCUT2D eigenvalue weighted by molar-refractivity contribution is 5.64. The van der Waals surface area contributed by atoms with Crippen molar-refractivity contribution in [3.05, 3.63) is 48.2 Å². The van der Waals surface area contributed by atoms with Crippen LogP contribution in [-0.4, -0.2) is 4.98 Å². The minimum absolute atomic E-state index is 0.235. The third kappa shape index (κ3) is 1.99. The number of anilines is 1. The summed E-state index contributed by atoms with van der Waals surface area (Å²) < 4.78 is 26.2. The van der Waals surface area contributed by atoms with Crippen LogP contribution < -0.4 is 11.3 Å². The zero-order valence-electron chi connectivity index (χ0n) is 8.24. The van der Waals surface area contributed by atoms with Gasteiger partial charge in [-0.1, -0.05) is 0 Å². The van der Waals surface area contributed by atoms with Crippen molar-refractivity contribution in [3.8, 4) is 11.3 Å². The van der Waals surface area contributed by atoms with Crippen LogP contribution in [0.5, 0.6) is 0 Å². The molecule has 1 aromatic carbocycles. The van der Waals surface area contributed by atoms with E-state index in [9.17, 15) is 8.78 Å². The second kappa shape index (κ2) is 4.24. The van der Waals surface area contributed by atoms with Crippen molar-refractivity contribution in [1.29, 1.82) is 0 Å². The van der Waals surface area contributed by atoms with Crippen LogP contribution in [-0.2, 0) is 0 Å². The molecule has 0 bridgehead atoms. The fourth-order valence-electron chi connectivity index (χ4n) is 1.36. The highest BCUT2D eigenvalue weighted by Gasteiger charge is 2.07. The van der Waals surface area contributed by atoms with Crippen LogP contribution >= 0.6 is 0 Å². The Hall–Kier alpha value is -2.01. The number of aromatic nitrogens is 1. The summed E-state index contributed by atoms with van der Waals surface area (Å²) in [6.45, 7) is 0. The zero-order chi connectivity index (χ0) is 11.5. The van der Waals surface area contributed by atoms with E-state index in [2.05, 4.69) is 10.4 Å². The van der Waals surface area contributed by atoms with Crippen LogP contribution in [0.1, 0.15) is 0 Å². The van der Waals surface area contributed by atoms with Gasteiger partial charge in [0.1, 0.15) is 11.6 Å². The molecule has 0 aliphatic heterocycles. The lowest BCUT2D eigenvalue weighted by molar-refractivity contribution is 0.585. The highest BCUT2D eigenvalue weighted by atomic mass is 19.1. The second-order valence-electron chi connectivity index (χ2n) is 3.20. The first-order valence-corrected chi connectivity index (χ1v) is 4.59. The normalized spacial score (nSPS) is 10.2. The van der Waals surface area contributed by atoms with E-state index in [0.29, 0.717) is 11.4 Å². The molecule has 2 rings (SSSR count). The second-order valence-corrected chi connectivity index (χ2v) is 3.20. The number of nitrogen functional groups attached to an aromatic ring is 1. The monoisotopic (exact) mass is 221 g/mol. The van der Waals surface area contributed by atoms with Crippen molar-refractivity contribution in [2.24, 2.45) is 5.84 Å². The fraction of sp³-hybridized carbons (Fsp3) is 0. The van der Waals surface area contributed by atoms with Gasteiger partial charge in [-0.25, -0.2) is 8.78 Å². The summed E-state index contributed by atoms with van der Waals surface area (Å²) in [5, 5.41) is 0. The van der Waals surface area contributed by atoms with E-state index in [0.717, 1.165) is 6.07 Å². The first-order chi connectivity index (χ1) is 7.70. The van der Waals surface area contributed by atoms with Gasteiger partial charge < -0.3 is 5.43 Å². The van der Waals surface area contributed by atoms with Crippen molar-refractivity contribution in [2.45, 2.75) is 0 Å². The number of pyridine rings is 1. The summed E-state index contributed by atoms with van der Waals surface area (Å²) in [5.74, 6) is 3.96. The topological polar surface area (TPSA) is 50.9 Å². The quantitative estimate of drug-likeness (QED) is 0.604. The Kier molecular flexibility index (Phi) is 2.78. The Morgan fingerprint density at radius 2 is 1.94 bits per heavy atom. The summed E-state index contributed by atoms with van der Waals surface area (Å²) >= 11 is 0. The summed E-state index contributed by atoms with van der Waals surface area (Å²) in [4.78, 5) is 3.99. The number of nitrogens with zero attached hydrogens (tertiary/aromatic N) is 1. The summed E-state index contributed by atoms with van der Waals surface area (Å²) in [7, 11) is 0. The van der Waals surface area contributed by atoms with Crippen molar-refractivity contribution in [1.82, 2.24) is 4.98 Å². The maximum atomic E-state index is 13.4. The third-order valence-electron chi connectivity index (χ3n) is 2.13. The molecule has 0 aliphatic carbocycles. The number of halogens is 2. The molecule has 16 heavy (non-hydrogen) atoms. The van der Waals surface area contributed by atoms with Gasteiger partial charge in [-0.15, -0.1) is 0 Å². The summed E-state index contributed by atoms with van der Waals surface area (Å²) in [6, 6.07) is 6.57. The molecule has 1 aromatic heterocycles. The number of hydrogen-bond donors (Lipinski definition) is 2. The Bertz CT molecular complexity index is 514. The minimum atomic E-state index is -0.651. The number of benzene rings is 1. The largest absolute Gasteiger partial charge is 0.324 e. The van der Waals surface area contributed by atoms with E-state index in [-0.39, 0.29) is 5.56 Å². The van der Waals surface area contributed by atoms with Crippen LogP contribution in [0.15, 0.2) is 36.5 Å². The molecule has 0 unspecified atom stereocenters. The Morgan fingerprint density at radius 3 is 2.62 bits per heavy atom. The van der Waals surface area contributed by atoms with Gasteiger partial charge in [0.15, 0.2) is 0 Å². The van der Waals surface area contributed by atoms with Crippen LogP contribution in [0.25, 0.3) is 11.3 Å². The van der Waals surface area contributed by atoms with Crippen molar-refractivity contribution < 1.29 is 8.78 Å². The first-order valence-electron chi connectivity index (χ1n) is 4.59. The van der Waals surface area contributed by atoms with E-state index < -0.39 is 11.6 Å². The Balaban J connectivity index is 2.49. The van der Waals surface area contributed by atoms with E-state index in [1.165, 1.54) is 18.3 Å². The number of nitrogens with one attached hydrogen (secondary N) is 1. The average molecular weight is 221 g/mol.